The van der Waals surface area contributed by atoms with Crippen molar-refractivity contribution in [2.24, 2.45) is 5.11 Å². The van der Waals surface area contributed by atoms with E-state index in [4.69, 9.17) is 17.1 Å². The molecule has 0 aliphatic heterocycles. The highest BCUT2D eigenvalue weighted by molar-refractivity contribution is 6.30. The van der Waals surface area contributed by atoms with Crippen molar-refractivity contribution in [1.29, 1.82) is 0 Å². The van der Waals surface area contributed by atoms with Crippen LogP contribution >= 0.6 is 11.6 Å². The fourth-order valence-electron chi connectivity index (χ4n) is 1.15. The van der Waals surface area contributed by atoms with Gasteiger partial charge >= 0.3 is 0 Å². The van der Waals surface area contributed by atoms with Crippen molar-refractivity contribution in [2.75, 3.05) is 6.54 Å². The maximum Gasteiger partial charge on any atom is 0.122 e. The third-order valence-corrected chi connectivity index (χ3v) is 2.23. The highest BCUT2D eigenvalue weighted by atomic mass is 35.5. The summed E-state index contributed by atoms with van der Waals surface area (Å²) in [5.41, 5.74) is 8.38. The molecular formula is C9H11ClN4O2. The molecule has 86 valence electrons. The van der Waals surface area contributed by atoms with Gasteiger partial charge in [-0.1, -0.05) is 16.7 Å². The molecule has 0 radical (unpaired) electrons. The highest BCUT2D eigenvalue weighted by Gasteiger charge is 2.18. The van der Waals surface area contributed by atoms with Crippen molar-refractivity contribution < 1.29 is 10.2 Å². The summed E-state index contributed by atoms with van der Waals surface area (Å²) in [5.74, 6) is 0. The molecule has 6 nitrogen and oxygen atoms in total. The molecule has 0 aliphatic rings. The molecule has 2 N–H and O–H groups in total. The molecule has 16 heavy (non-hydrogen) atoms. The monoisotopic (exact) mass is 242 g/mol. The number of azide groups is 1. The summed E-state index contributed by atoms with van der Waals surface area (Å²) in [6.07, 6.45) is -0.555. The van der Waals surface area contributed by atoms with Crippen molar-refractivity contribution >= 4 is 11.6 Å². The van der Waals surface area contributed by atoms with E-state index in [2.05, 4.69) is 15.0 Å². The van der Waals surface area contributed by atoms with Crippen LogP contribution in [-0.4, -0.2) is 27.8 Å². The SMILES string of the molecule is [N-]=[N+]=NCCC(O)C(O)c1ccc(Cl)cn1. The van der Waals surface area contributed by atoms with Crippen molar-refractivity contribution in [3.63, 3.8) is 0 Å². The summed E-state index contributed by atoms with van der Waals surface area (Å²) in [6.45, 7) is 0.127. The highest BCUT2D eigenvalue weighted by Crippen LogP contribution is 2.18. The quantitative estimate of drug-likeness (QED) is 0.468. The van der Waals surface area contributed by atoms with Crippen LogP contribution in [0.3, 0.4) is 0 Å². The first kappa shape index (κ1) is 12.7. The molecule has 0 saturated carbocycles. The van der Waals surface area contributed by atoms with Gasteiger partial charge in [-0.15, -0.1) is 0 Å². The molecule has 0 aliphatic carbocycles. The lowest BCUT2D eigenvalue weighted by atomic mass is 10.1. The van der Waals surface area contributed by atoms with E-state index >= 15 is 0 Å². The second-order valence-electron chi connectivity index (χ2n) is 3.16. The van der Waals surface area contributed by atoms with Gasteiger partial charge in [-0.25, -0.2) is 0 Å². The van der Waals surface area contributed by atoms with Crippen LogP contribution in [0.2, 0.25) is 5.02 Å². The summed E-state index contributed by atoms with van der Waals surface area (Å²) in [4.78, 5) is 6.43. The Kier molecular flexibility index (Phi) is 5.01. The summed E-state index contributed by atoms with van der Waals surface area (Å²) < 4.78 is 0. The summed E-state index contributed by atoms with van der Waals surface area (Å²) in [6, 6.07) is 3.11. The number of hydrogen-bond donors (Lipinski definition) is 2. The van der Waals surface area contributed by atoms with E-state index in [9.17, 15) is 10.2 Å². The van der Waals surface area contributed by atoms with Gasteiger partial charge in [-0.3, -0.25) is 4.98 Å². The van der Waals surface area contributed by atoms with E-state index < -0.39 is 12.2 Å². The van der Waals surface area contributed by atoms with Crippen LogP contribution < -0.4 is 0 Å². The van der Waals surface area contributed by atoms with Crippen LogP contribution in [0, 0.1) is 0 Å². The number of aliphatic hydroxyl groups excluding tert-OH is 2. The van der Waals surface area contributed by atoms with Crippen LogP contribution in [0.4, 0.5) is 0 Å². The Morgan fingerprint density at radius 3 is 2.81 bits per heavy atom. The Balaban J connectivity index is 2.58. The first-order chi connectivity index (χ1) is 7.65. The van der Waals surface area contributed by atoms with Gasteiger partial charge in [-0.05, 0) is 24.1 Å². The number of pyridine rings is 1. The van der Waals surface area contributed by atoms with Crippen molar-refractivity contribution in [2.45, 2.75) is 18.6 Å². The molecule has 1 aromatic rings. The topological polar surface area (TPSA) is 102 Å². The fraction of sp³-hybridized carbons (Fsp3) is 0.444. The van der Waals surface area contributed by atoms with E-state index in [0.29, 0.717) is 10.7 Å². The van der Waals surface area contributed by atoms with Crippen LogP contribution in [0.1, 0.15) is 18.2 Å². The Hall–Kier alpha value is -1.33. The van der Waals surface area contributed by atoms with Crippen LogP contribution in [0.15, 0.2) is 23.4 Å². The van der Waals surface area contributed by atoms with E-state index in [1.54, 1.807) is 6.07 Å². The Morgan fingerprint density at radius 2 is 2.25 bits per heavy atom. The van der Waals surface area contributed by atoms with Crippen LogP contribution in [-0.2, 0) is 0 Å². The minimum Gasteiger partial charge on any atom is -0.390 e. The van der Waals surface area contributed by atoms with Gasteiger partial charge < -0.3 is 10.2 Å². The van der Waals surface area contributed by atoms with Crippen molar-refractivity contribution in [1.82, 2.24) is 4.98 Å². The molecule has 1 heterocycles. The zero-order valence-electron chi connectivity index (χ0n) is 8.36. The third kappa shape index (κ3) is 3.67. The average molecular weight is 243 g/mol. The molecule has 2 atom stereocenters. The molecule has 0 fully saturated rings. The summed E-state index contributed by atoms with van der Waals surface area (Å²) >= 11 is 5.64. The third-order valence-electron chi connectivity index (χ3n) is 2.01. The van der Waals surface area contributed by atoms with Crippen LogP contribution in [0.25, 0.3) is 10.4 Å². The number of aromatic nitrogens is 1. The number of aliphatic hydroxyl groups is 2. The molecule has 0 bridgehead atoms. The smallest absolute Gasteiger partial charge is 0.122 e. The van der Waals surface area contributed by atoms with Crippen LogP contribution in [0.5, 0.6) is 0 Å². The van der Waals surface area contributed by atoms with E-state index in [0.717, 1.165) is 0 Å². The van der Waals surface area contributed by atoms with Gasteiger partial charge in [-0.2, -0.15) is 0 Å². The minimum atomic E-state index is -1.11. The first-order valence-electron chi connectivity index (χ1n) is 4.63. The maximum atomic E-state index is 9.69. The molecule has 2 unspecified atom stereocenters. The molecule has 1 rings (SSSR count). The molecule has 0 amide bonds. The fourth-order valence-corrected chi connectivity index (χ4v) is 1.26. The number of halogens is 1. The van der Waals surface area contributed by atoms with Crippen molar-refractivity contribution in [3.05, 3.63) is 39.5 Å². The Bertz CT molecular complexity index is 378. The second kappa shape index (κ2) is 6.30. The van der Waals surface area contributed by atoms with E-state index in [1.165, 1.54) is 12.3 Å². The predicted molar refractivity (Wildman–Crippen MR) is 58.8 cm³/mol. The van der Waals surface area contributed by atoms with Gasteiger partial charge in [0.05, 0.1) is 16.8 Å². The molecule has 1 aromatic heterocycles. The maximum absolute atomic E-state index is 9.69. The molecular weight excluding hydrogens is 232 g/mol. The van der Waals surface area contributed by atoms with Crippen molar-refractivity contribution in [3.8, 4) is 0 Å². The number of hydrogen-bond acceptors (Lipinski definition) is 4. The lowest BCUT2D eigenvalue weighted by Gasteiger charge is -2.16. The van der Waals surface area contributed by atoms with Gasteiger partial charge in [0.1, 0.15) is 6.10 Å². The lowest BCUT2D eigenvalue weighted by molar-refractivity contribution is 0.0125. The molecule has 7 heteroatoms. The largest absolute Gasteiger partial charge is 0.390 e. The minimum absolute atomic E-state index is 0.127. The first-order valence-corrected chi connectivity index (χ1v) is 5.01. The second-order valence-corrected chi connectivity index (χ2v) is 3.59. The Morgan fingerprint density at radius 1 is 1.50 bits per heavy atom. The standard InChI is InChI=1S/C9H11ClN4O2/c10-6-1-2-7(12-5-6)9(16)8(15)3-4-13-14-11/h1-2,5,8-9,15-16H,3-4H2. The summed E-state index contributed by atoms with van der Waals surface area (Å²) in [7, 11) is 0. The predicted octanol–water partition coefficient (Wildman–Crippen LogP) is 1.83. The zero-order chi connectivity index (χ0) is 12.0. The molecule has 0 saturated heterocycles. The van der Waals surface area contributed by atoms with Gasteiger partial charge in [0.2, 0.25) is 0 Å². The molecule has 0 aromatic carbocycles. The molecule has 0 spiro atoms. The van der Waals surface area contributed by atoms with E-state index in [-0.39, 0.29) is 13.0 Å². The van der Waals surface area contributed by atoms with Gasteiger partial charge in [0.15, 0.2) is 0 Å². The van der Waals surface area contributed by atoms with Gasteiger partial charge in [0.25, 0.3) is 0 Å². The number of rotatable bonds is 5. The normalized spacial score (nSPS) is 13.9. The number of nitrogens with zero attached hydrogens (tertiary/aromatic N) is 4. The average Bonchev–Trinajstić information content (AvgIpc) is 2.29. The lowest BCUT2D eigenvalue weighted by Crippen LogP contribution is -2.20. The summed E-state index contributed by atoms with van der Waals surface area (Å²) in [5, 5.41) is 23.0. The Labute approximate surface area is 97.1 Å². The zero-order valence-corrected chi connectivity index (χ0v) is 9.12. The van der Waals surface area contributed by atoms with Gasteiger partial charge in [0, 0.05) is 17.7 Å². The van der Waals surface area contributed by atoms with E-state index in [1.807, 2.05) is 0 Å².